The van der Waals surface area contributed by atoms with Crippen LogP contribution in [0.25, 0.3) is 0 Å². The van der Waals surface area contributed by atoms with E-state index in [9.17, 15) is 14.7 Å². The number of ether oxygens (including phenoxy) is 2. The van der Waals surface area contributed by atoms with Crippen LogP contribution in [0.2, 0.25) is 0 Å². The SMILES string of the molecule is COc1cc2c(cc1OC)CN(C(=O)C1Cc3ccccc3CN1C(=O)O)CC2. The fourth-order valence-corrected chi connectivity index (χ4v) is 4.23. The number of hydrogen-bond acceptors (Lipinski definition) is 4. The Balaban J connectivity index is 1.59. The van der Waals surface area contributed by atoms with Gasteiger partial charge in [0.05, 0.1) is 20.8 Å². The first kappa shape index (κ1) is 19.1. The highest BCUT2D eigenvalue weighted by Gasteiger charge is 2.37. The van der Waals surface area contributed by atoms with Crippen molar-refractivity contribution in [1.82, 2.24) is 9.80 Å². The zero-order valence-corrected chi connectivity index (χ0v) is 16.6. The van der Waals surface area contributed by atoms with Crippen molar-refractivity contribution in [3.63, 3.8) is 0 Å². The van der Waals surface area contributed by atoms with Crippen LogP contribution in [0.3, 0.4) is 0 Å². The minimum atomic E-state index is -1.07. The maximum absolute atomic E-state index is 13.3. The summed E-state index contributed by atoms with van der Waals surface area (Å²) in [5, 5.41) is 9.69. The molecule has 0 aliphatic carbocycles. The quantitative estimate of drug-likeness (QED) is 0.863. The van der Waals surface area contributed by atoms with Crippen LogP contribution in [0.1, 0.15) is 22.3 Å². The van der Waals surface area contributed by atoms with Crippen LogP contribution in [-0.2, 0) is 30.7 Å². The van der Waals surface area contributed by atoms with Gasteiger partial charge in [0.2, 0.25) is 5.91 Å². The van der Waals surface area contributed by atoms with E-state index in [1.807, 2.05) is 36.4 Å². The molecule has 0 spiro atoms. The Morgan fingerprint density at radius 1 is 0.966 bits per heavy atom. The van der Waals surface area contributed by atoms with E-state index >= 15 is 0 Å². The third kappa shape index (κ3) is 3.48. The Kier molecular flexibility index (Phi) is 5.05. The van der Waals surface area contributed by atoms with Crippen LogP contribution in [0.15, 0.2) is 36.4 Å². The number of rotatable bonds is 3. The van der Waals surface area contributed by atoms with Crippen molar-refractivity contribution in [2.75, 3.05) is 20.8 Å². The molecule has 1 unspecified atom stereocenters. The second-order valence-electron chi connectivity index (χ2n) is 7.38. The molecule has 0 saturated carbocycles. The van der Waals surface area contributed by atoms with Crippen LogP contribution < -0.4 is 9.47 Å². The van der Waals surface area contributed by atoms with Gasteiger partial charge in [-0.3, -0.25) is 9.69 Å². The van der Waals surface area contributed by atoms with E-state index in [0.717, 1.165) is 22.3 Å². The Morgan fingerprint density at radius 3 is 2.28 bits per heavy atom. The fourth-order valence-electron chi connectivity index (χ4n) is 4.23. The predicted octanol–water partition coefficient (Wildman–Crippen LogP) is 2.69. The Hall–Kier alpha value is -3.22. The van der Waals surface area contributed by atoms with Gasteiger partial charge in [-0.15, -0.1) is 0 Å². The molecule has 2 aromatic carbocycles. The lowest BCUT2D eigenvalue weighted by molar-refractivity contribution is -0.137. The molecule has 7 heteroatoms. The molecule has 2 heterocycles. The summed E-state index contributed by atoms with van der Waals surface area (Å²) in [5.74, 6) is 1.15. The molecule has 1 N–H and O–H groups in total. The second kappa shape index (κ2) is 7.66. The molecule has 2 amide bonds. The minimum Gasteiger partial charge on any atom is -0.493 e. The summed E-state index contributed by atoms with van der Waals surface area (Å²) in [7, 11) is 3.19. The van der Waals surface area contributed by atoms with Crippen LogP contribution in [-0.4, -0.2) is 53.7 Å². The molecule has 2 aliphatic rings. The summed E-state index contributed by atoms with van der Waals surface area (Å²) in [4.78, 5) is 28.2. The minimum absolute atomic E-state index is 0.151. The van der Waals surface area contributed by atoms with Gasteiger partial charge in [0, 0.05) is 19.5 Å². The van der Waals surface area contributed by atoms with Gasteiger partial charge in [0.25, 0.3) is 0 Å². The zero-order valence-electron chi connectivity index (χ0n) is 16.6. The van der Waals surface area contributed by atoms with E-state index in [-0.39, 0.29) is 12.5 Å². The van der Waals surface area contributed by atoms with Crippen molar-refractivity contribution < 1.29 is 24.2 Å². The highest BCUT2D eigenvalue weighted by atomic mass is 16.5. The Bertz CT molecular complexity index is 958. The number of hydrogen-bond donors (Lipinski definition) is 1. The van der Waals surface area contributed by atoms with E-state index in [2.05, 4.69) is 0 Å². The molecule has 29 heavy (non-hydrogen) atoms. The molecule has 0 fully saturated rings. The number of carbonyl (C=O) groups excluding carboxylic acids is 1. The fraction of sp³-hybridized carbons (Fsp3) is 0.364. The highest BCUT2D eigenvalue weighted by molar-refractivity contribution is 5.86. The van der Waals surface area contributed by atoms with Crippen molar-refractivity contribution in [1.29, 1.82) is 0 Å². The number of carboxylic acid groups (broad SMARTS) is 1. The van der Waals surface area contributed by atoms with Gasteiger partial charge in [-0.05, 0) is 40.8 Å². The largest absolute Gasteiger partial charge is 0.493 e. The van der Waals surface area contributed by atoms with Gasteiger partial charge in [0.15, 0.2) is 11.5 Å². The van der Waals surface area contributed by atoms with E-state index in [0.29, 0.717) is 37.4 Å². The maximum atomic E-state index is 13.3. The van der Waals surface area contributed by atoms with Crippen molar-refractivity contribution in [2.45, 2.75) is 32.0 Å². The van der Waals surface area contributed by atoms with Gasteiger partial charge in [-0.1, -0.05) is 24.3 Å². The predicted molar refractivity (Wildman–Crippen MR) is 106 cm³/mol. The standard InChI is InChI=1S/C22H24N2O5/c1-28-19-10-15-7-8-23(12-17(15)11-20(19)29-2)21(25)18-9-14-5-3-4-6-16(14)13-24(18)22(26)27/h3-6,10-11,18H,7-9,12-13H2,1-2H3,(H,26,27). The van der Waals surface area contributed by atoms with E-state index in [1.54, 1.807) is 19.1 Å². The van der Waals surface area contributed by atoms with Crippen LogP contribution in [0.4, 0.5) is 4.79 Å². The Morgan fingerprint density at radius 2 is 1.62 bits per heavy atom. The smallest absolute Gasteiger partial charge is 0.408 e. The van der Waals surface area contributed by atoms with Gasteiger partial charge in [-0.25, -0.2) is 4.79 Å². The van der Waals surface area contributed by atoms with Gasteiger partial charge < -0.3 is 19.5 Å². The average Bonchev–Trinajstić information content (AvgIpc) is 2.76. The summed E-state index contributed by atoms with van der Waals surface area (Å²) in [5.41, 5.74) is 4.11. The molecule has 2 aromatic rings. The molecule has 0 aromatic heterocycles. The maximum Gasteiger partial charge on any atom is 0.408 e. The van der Waals surface area contributed by atoms with E-state index in [1.165, 1.54) is 4.90 Å². The van der Waals surface area contributed by atoms with Gasteiger partial charge in [-0.2, -0.15) is 0 Å². The van der Waals surface area contributed by atoms with Crippen LogP contribution in [0.5, 0.6) is 11.5 Å². The molecular weight excluding hydrogens is 372 g/mol. The molecule has 2 aliphatic heterocycles. The zero-order chi connectivity index (χ0) is 20.5. The number of fused-ring (bicyclic) bond motifs is 2. The summed E-state index contributed by atoms with van der Waals surface area (Å²) in [6.45, 7) is 1.21. The lowest BCUT2D eigenvalue weighted by atomic mass is 9.92. The first-order valence-corrected chi connectivity index (χ1v) is 9.60. The number of benzene rings is 2. The van der Waals surface area contributed by atoms with Crippen LogP contribution >= 0.6 is 0 Å². The summed E-state index contributed by atoms with van der Waals surface area (Å²) in [6, 6.07) is 10.9. The Labute approximate surface area is 169 Å². The van der Waals surface area contributed by atoms with Crippen molar-refractivity contribution in [3.8, 4) is 11.5 Å². The summed E-state index contributed by atoms with van der Waals surface area (Å²) in [6.07, 6.45) is 0.0238. The molecule has 1 atom stereocenters. The van der Waals surface area contributed by atoms with E-state index in [4.69, 9.17) is 9.47 Å². The highest BCUT2D eigenvalue weighted by Crippen LogP contribution is 2.34. The second-order valence-corrected chi connectivity index (χ2v) is 7.38. The van der Waals surface area contributed by atoms with Crippen molar-refractivity contribution in [3.05, 3.63) is 58.7 Å². The van der Waals surface area contributed by atoms with E-state index < -0.39 is 12.1 Å². The molecule has 4 rings (SSSR count). The third-order valence-electron chi connectivity index (χ3n) is 5.81. The lowest BCUT2D eigenvalue weighted by Crippen LogP contribution is -2.54. The number of methoxy groups -OCH3 is 2. The number of nitrogens with zero attached hydrogens (tertiary/aromatic N) is 2. The van der Waals surface area contributed by atoms with Crippen molar-refractivity contribution in [2.24, 2.45) is 0 Å². The first-order chi connectivity index (χ1) is 14.0. The molecule has 152 valence electrons. The molecule has 0 bridgehead atoms. The monoisotopic (exact) mass is 396 g/mol. The molecular formula is C22H24N2O5. The summed E-state index contributed by atoms with van der Waals surface area (Å²) < 4.78 is 10.8. The molecule has 0 radical (unpaired) electrons. The first-order valence-electron chi connectivity index (χ1n) is 9.60. The summed E-state index contributed by atoms with van der Waals surface area (Å²) >= 11 is 0. The topological polar surface area (TPSA) is 79.3 Å². The average molecular weight is 396 g/mol. The molecule has 7 nitrogen and oxygen atoms in total. The number of amides is 2. The van der Waals surface area contributed by atoms with Gasteiger partial charge >= 0.3 is 6.09 Å². The van der Waals surface area contributed by atoms with Crippen molar-refractivity contribution >= 4 is 12.0 Å². The van der Waals surface area contributed by atoms with Crippen LogP contribution in [0, 0.1) is 0 Å². The third-order valence-corrected chi connectivity index (χ3v) is 5.81. The normalized spacial score (nSPS) is 17.9. The number of carbonyl (C=O) groups is 2. The molecule has 0 saturated heterocycles. The lowest BCUT2D eigenvalue weighted by Gasteiger charge is -2.38. The van der Waals surface area contributed by atoms with Gasteiger partial charge in [0.1, 0.15) is 6.04 Å².